The number of ether oxygens (including phenoxy) is 2. The molecule has 0 aliphatic carbocycles. The SMILES string of the molecule is COc1cccc(OC)c1C[C@@H](C)NN(C)C. The Morgan fingerprint density at radius 3 is 2.12 bits per heavy atom. The first-order chi connectivity index (χ1) is 8.08. The highest BCUT2D eigenvalue weighted by Gasteiger charge is 2.13. The van der Waals surface area contributed by atoms with Crippen molar-refractivity contribution in [3.63, 3.8) is 0 Å². The standard InChI is InChI=1S/C13H22N2O2/c1-10(14-15(2)3)9-11-12(16-4)7-6-8-13(11)17-5/h6-8,10,14H,9H2,1-5H3/t10-/m1/s1. The van der Waals surface area contributed by atoms with Crippen LogP contribution in [0.15, 0.2) is 18.2 Å². The molecule has 0 aliphatic heterocycles. The van der Waals surface area contributed by atoms with Crippen LogP contribution in [0.25, 0.3) is 0 Å². The molecule has 0 amide bonds. The lowest BCUT2D eigenvalue weighted by Gasteiger charge is -2.21. The van der Waals surface area contributed by atoms with Crippen molar-refractivity contribution in [1.82, 2.24) is 10.4 Å². The predicted molar refractivity (Wildman–Crippen MR) is 69.5 cm³/mol. The third kappa shape index (κ3) is 3.91. The largest absolute Gasteiger partial charge is 0.496 e. The van der Waals surface area contributed by atoms with E-state index in [9.17, 15) is 0 Å². The fraction of sp³-hybridized carbons (Fsp3) is 0.538. The Morgan fingerprint density at radius 2 is 1.71 bits per heavy atom. The van der Waals surface area contributed by atoms with Gasteiger partial charge >= 0.3 is 0 Å². The molecule has 4 heteroatoms. The minimum atomic E-state index is 0.315. The Balaban J connectivity index is 2.87. The molecule has 0 aromatic heterocycles. The van der Waals surface area contributed by atoms with Gasteiger partial charge in [0.25, 0.3) is 0 Å². The maximum absolute atomic E-state index is 5.37. The third-order valence-corrected chi connectivity index (χ3v) is 2.52. The van der Waals surface area contributed by atoms with Crippen LogP contribution >= 0.6 is 0 Å². The Hall–Kier alpha value is -1.26. The molecule has 0 fully saturated rings. The normalized spacial score (nSPS) is 12.6. The van der Waals surface area contributed by atoms with Crippen LogP contribution in [0.1, 0.15) is 12.5 Å². The van der Waals surface area contributed by atoms with Crippen molar-refractivity contribution in [2.75, 3.05) is 28.3 Å². The van der Waals surface area contributed by atoms with Crippen molar-refractivity contribution in [1.29, 1.82) is 0 Å². The van der Waals surface area contributed by atoms with Crippen LogP contribution in [0.5, 0.6) is 11.5 Å². The van der Waals surface area contributed by atoms with Crippen LogP contribution in [-0.4, -0.2) is 39.4 Å². The van der Waals surface area contributed by atoms with E-state index in [1.54, 1.807) is 14.2 Å². The molecule has 0 aliphatic rings. The monoisotopic (exact) mass is 238 g/mol. The molecule has 0 saturated carbocycles. The van der Waals surface area contributed by atoms with Crippen molar-refractivity contribution >= 4 is 0 Å². The predicted octanol–water partition coefficient (Wildman–Crippen LogP) is 1.70. The van der Waals surface area contributed by atoms with E-state index in [4.69, 9.17) is 9.47 Å². The first kappa shape index (κ1) is 13.8. The van der Waals surface area contributed by atoms with Crippen LogP contribution in [-0.2, 0) is 6.42 Å². The zero-order valence-corrected chi connectivity index (χ0v) is 11.3. The number of hydrogen-bond donors (Lipinski definition) is 1. The Labute approximate surface area is 103 Å². The second-order valence-corrected chi connectivity index (χ2v) is 4.27. The summed E-state index contributed by atoms with van der Waals surface area (Å²) in [6, 6.07) is 6.17. The Bertz CT molecular complexity index is 331. The molecule has 0 spiro atoms. The number of methoxy groups -OCH3 is 2. The molecule has 1 atom stereocenters. The van der Waals surface area contributed by atoms with E-state index in [-0.39, 0.29) is 0 Å². The lowest BCUT2D eigenvalue weighted by Crippen LogP contribution is -2.39. The Kier molecular flexibility index (Phi) is 5.25. The number of nitrogens with one attached hydrogen (secondary N) is 1. The molecule has 4 nitrogen and oxygen atoms in total. The number of hydrogen-bond acceptors (Lipinski definition) is 4. The van der Waals surface area contributed by atoms with Gasteiger partial charge in [0, 0.05) is 25.7 Å². The topological polar surface area (TPSA) is 33.7 Å². The van der Waals surface area contributed by atoms with Gasteiger partial charge in [-0.2, -0.15) is 0 Å². The average Bonchev–Trinajstić information content (AvgIpc) is 2.28. The zero-order chi connectivity index (χ0) is 12.8. The number of rotatable bonds is 6. The van der Waals surface area contributed by atoms with Crippen LogP contribution in [0.3, 0.4) is 0 Å². The fourth-order valence-electron chi connectivity index (χ4n) is 1.92. The molecule has 0 unspecified atom stereocenters. The minimum Gasteiger partial charge on any atom is -0.496 e. The second-order valence-electron chi connectivity index (χ2n) is 4.27. The van der Waals surface area contributed by atoms with Crippen LogP contribution < -0.4 is 14.9 Å². The highest BCUT2D eigenvalue weighted by atomic mass is 16.5. The summed E-state index contributed by atoms with van der Waals surface area (Å²) in [6.07, 6.45) is 0.853. The first-order valence-corrected chi connectivity index (χ1v) is 5.71. The second kappa shape index (κ2) is 6.47. The quantitative estimate of drug-likeness (QED) is 0.765. The molecular weight excluding hydrogens is 216 g/mol. The van der Waals surface area contributed by atoms with Crippen molar-refractivity contribution in [3.05, 3.63) is 23.8 Å². The van der Waals surface area contributed by atoms with Gasteiger partial charge in [-0.1, -0.05) is 6.07 Å². The molecular formula is C13H22N2O2. The fourth-order valence-corrected chi connectivity index (χ4v) is 1.92. The van der Waals surface area contributed by atoms with E-state index in [1.807, 2.05) is 37.3 Å². The highest BCUT2D eigenvalue weighted by Crippen LogP contribution is 2.29. The van der Waals surface area contributed by atoms with Gasteiger partial charge in [0.2, 0.25) is 0 Å². The lowest BCUT2D eigenvalue weighted by atomic mass is 10.1. The number of hydrazine groups is 1. The van der Waals surface area contributed by atoms with Gasteiger partial charge < -0.3 is 9.47 Å². The first-order valence-electron chi connectivity index (χ1n) is 5.71. The molecule has 0 bridgehead atoms. The van der Waals surface area contributed by atoms with E-state index in [0.717, 1.165) is 23.5 Å². The van der Waals surface area contributed by atoms with E-state index in [2.05, 4.69) is 12.3 Å². The molecule has 96 valence electrons. The van der Waals surface area contributed by atoms with E-state index < -0.39 is 0 Å². The van der Waals surface area contributed by atoms with Crippen LogP contribution in [0, 0.1) is 0 Å². The third-order valence-electron chi connectivity index (χ3n) is 2.52. The van der Waals surface area contributed by atoms with Gasteiger partial charge in [0.05, 0.1) is 14.2 Å². The molecule has 0 radical (unpaired) electrons. The zero-order valence-electron chi connectivity index (χ0n) is 11.3. The van der Waals surface area contributed by atoms with Crippen LogP contribution in [0.2, 0.25) is 0 Å². The highest BCUT2D eigenvalue weighted by molar-refractivity contribution is 5.45. The van der Waals surface area contributed by atoms with E-state index >= 15 is 0 Å². The van der Waals surface area contributed by atoms with Crippen molar-refractivity contribution in [3.8, 4) is 11.5 Å². The summed E-state index contributed by atoms with van der Waals surface area (Å²) in [4.78, 5) is 0. The van der Waals surface area contributed by atoms with Crippen molar-refractivity contribution in [2.24, 2.45) is 0 Å². The maximum Gasteiger partial charge on any atom is 0.125 e. The van der Waals surface area contributed by atoms with Crippen LogP contribution in [0.4, 0.5) is 0 Å². The summed E-state index contributed by atoms with van der Waals surface area (Å²) in [7, 11) is 7.33. The van der Waals surface area contributed by atoms with Crippen molar-refractivity contribution in [2.45, 2.75) is 19.4 Å². The molecule has 1 rings (SSSR count). The summed E-state index contributed by atoms with van der Waals surface area (Å²) >= 11 is 0. The van der Waals surface area contributed by atoms with Gasteiger partial charge in [-0.25, -0.2) is 0 Å². The molecule has 17 heavy (non-hydrogen) atoms. The number of benzene rings is 1. The van der Waals surface area contributed by atoms with E-state index in [0.29, 0.717) is 6.04 Å². The summed E-state index contributed by atoms with van der Waals surface area (Å²) in [5.74, 6) is 1.74. The van der Waals surface area contributed by atoms with E-state index in [1.165, 1.54) is 0 Å². The lowest BCUT2D eigenvalue weighted by molar-refractivity contribution is 0.247. The minimum absolute atomic E-state index is 0.315. The van der Waals surface area contributed by atoms with Gasteiger partial charge in [0.15, 0.2) is 0 Å². The maximum atomic E-state index is 5.37. The van der Waals surface area contributed by atoms with Gasteiger partial charge in [-0.3, -0.25) is 10.4 Å². The Morgan fingerprint density at radius 1 is 1.18 bits per heavy atom. The summed E-state index contributed by atoms with van der Waals surface area (Å²) in [5, 5.41) is 1.95. The molecule has 0 heterocycles. The molecule has 0 saturated heterocycles. The molecule has 1 aromatic carbocycles. The summed E-state index contributed by atoms with van der Waals surface area (Å²) in [5.41, 5.74) is 4.41. The number of nitrogens with zero attached hydrogens (tertiary/aromatic N) is 1. The molecule has 1 aromatic rings. The summed E-state index contributed by atoms with van der Waals surface area (Å²) < 4.78 is 10.7. The summed E-state index contributed by atoms with van der Waals surface area (Å²) in [6.45, 7) is 2.13. The smallest absolute Gasteiger partial charge is 0.125 e. The average molecular weight is 238 g/mol. The van der Waals surface area contributed by atoms with Gasteiger partial charge in [0.1, 0.15) is 11.5 Å². The van der Waals surface area contributed by atoms with Gasteiger partial charge in [-0.15, -0.1) is 0 Å². The molecule has 1 N–H and O–H groups in total. The van der Waals surface area contributed by atoms with Gasteiger partial charge in [-0.05, 0) is 25.5 Å². The van der Waals surface area contributed by atoms with Crippen molar-refractivity contribution < 1.29 is 9.47 Å².